The Bertz CT molecular complexity index is 460. The number of nitrogens with two attached hydrogens (primary N) is 1. The van der Waals surface area contributed by atoms with Crippen LogP contribution in [-0.2, 0) is 0 Å². The van der Waals surface area contributed by atoms with E-state index in [0.717, 1.165) is 25.8 Å². The Hall–Kier alpha value is -1.96. The number of likely N-dealkylation sites (tertiary alicyclic amines) is 1. The summed E-state index contributed by atoms with van der Waals surface area (Å²) in [6, 6.07) is 0. The number of nitrogens with zero attached hydrogens (tertiary/aromatic N) is 5. The lowest BCUT2D eigenvalue weighted by atomic mass is 10.4. The molecule has 8 heteroatoms. The predicted octanol–water partition coefficient (Wildman–Crippen LogP) is 0.499. The highest BCUT2D eigenvalue weighted by atomic mass is 16.6. The van der Waals surface area contributed by atoms with Crippen LogP contribution in [-0.4, -0.2) is 53.0 Å². The van der Waals surface area contributed by atoms with Crippen LogP contribution in [0.25, 0.3) is 0 Å². The molecule has 2 rings (SSSR count). The van der Waals surface area contributed by atoms with Crippen molar-refractivity contribution < 1.29 is 4.92 Å². The van der Waals surface area contributed by atoms with Gasteiger partial charge < -0.3 is 15.5 Å². The lowest BCUT2D eigenvalue weighted by Crippen LogP contribution is -2.32. The molecule has 1 aliphatic heterocycles. The number of anilines is 2. The van der Waals surface area contributed by atoms with E-state index < -0.39 is 4.92 Å². The maximum absolute atomic E-state index is 10.9. The fourth-order valence-corrected chi connectivity index (χ4v) is 2.19. The van der Waals surface area contributed by atoms with Gasteiger partial charge in [-0.3, -0.25) is 10.1 Å². The van der Waals surface area contributed by atoms with Crippen LogP contribution in [0, 0.1) is 10.1 Å². The Labute approximate surface area is 111 Å². The normalized spacial score (nSPS) is 15.6. The van der Waals surface area contributed by atoms with E-state index in [1.165, 1.54) is 12.8 Å². The van der Waals surface area contributed by atoms with Crippen molar-refractivity contribution >= 4 is 17.5 Å². The maximum atomic E-state index is 10.9. The van der Waals surface area contributed by atoms with E-state index in [9.17, 15) is 10.1 Å². The van der Waals surface area contributed by atoms with Crippen molar-refractivity contribution in [2.24, 2.45) is 0 Å². The Morgan fingerprint density at radius 1 is 1.53 bits per heavy atom. The summed E-state index contributed by atoms with van der Waals surface area (Å²) in [5.41, 5.74) is 5.39. The molecule has 0 aromatic carbocycles. The van der Waals surface area contributed by atoms with Crippen molar-refractivity contribution in [2.45, 2.75) is 12.8 Å². The van der Waals surface area contributed by atoms with Crippen molar-refractivity contribution in [3.8, 4) is 0 Å². The quantitative estimate of drug-likeness (QED) is 0.611. The zero-order chi connectivity index (χ0) is 13.8. The number of likely N-dealkylation sites (N-methyl/N-ethyl adjacent to an activating group) is 1. The number of nitrogen functional groups attached to an aromatic ring is 1. The highest BCUT2D eigenvalue weighted by Crippen LogP contribution is 2.24. The van der Waals surface area contributed by atoms with Gasteiger partial charge in [-0.1, -0.05) is 0 Å². The standard InChI is InChI=1S/C11H18N6O2/c1-15(6-7-16-4-2-3-5-16)10-9(17(18)19)8-13-11(12)14-10/h8H,2-7H2,1H3,(H2,12,13,14). The van der Waals surface area contributed by atoms with Gasteiger partial charge in [-0.05, 0) is 25.9 Å². The molecule has 8 nitrogen and oxygen atoms in total. The highest BCUT2D eigenvalue weighted by Gasteiger charge is 2.21. The van der Waals surface area contributed by atoms with Crippen LogP contribution in [0.3, 0.4) is 0 Å². The largest absolute Gasteiger partial charge is 0.368 e. The third kappa shape index (κ3) is 3.28. The average molecular weight is 266 g/mol. The molecule has 0 radical (unpaired) electrons. The smallest absolute Gasteiger partial charge is 0.329 e. The molecule has 1 aromatic heterocycles. The van der Waals surface area contributed by atoms with Gasteiger partial charge >= 0.3 is 5.69 Å². The van der Waals surface area contributed by atoms with Gasteiger partial charge in [0.05, 0.1) is 4.92 Å². The van der Waals surface area contributed by atoms with E-state index in [2.05, 4.69) is 14.9 Å². The van der Waals surface area contributed by atoms with Crippen LogP contribution in [0.15, 0.2) is 6.20 Å². The summed E-state index contributed by atoms with van der Waals surface area (Å²) in [5.74, 6) is 0.324. The molecule has 2 heterocycles. The van der Waals surface area contributed by atoms with Crippen LogP contribution in [0.5, 0.6) is 0 Å². The first-order valence-corrected chi connectivity index (χ1v) is 6.28. The zero-order valence-electron chi connectivity index (χ0n) is 10.9. The first-order chi connectivity index (χ1) is 9.08. The Balaban J connectivity index is 2.06. The Morgan fingerprint density at radius 2 is 2.21 bits per heavy atom. The first-order valence-electron chi connectivity index (χ1n) is 6.28. The first kappa shape index (κ1) is 13.5. The molecule has 0 unspecified atom stereocenters. The number of nitro groups is 1. The molecule has 19 heavy (non-hydrogen) atoms. The fraction of sp³-hybridized carbons (Fsp3) is 0.636. The fourth-order valence-electron chi connectivity index (χ4n) is 2.19. The monoisotopic (exact) mass is 266 g/mol. The van der Waals surface area contributed by atoms with Gasteiger partial charge in [0.1, 0.15) is 6.20 Å². The lowest BCUT2D eigenvalue weighted by molar-refractivity contribution is -0.384. The summed E-state index contributed by atoms with van der Waals surface area (Å²) >= 11 is 0. The van der Waals surface area contributed by atoms with E-state index >= 15 is 0 Å². The Morgan fingerprint density at radius 3 is 2.84 bits per heavy atom. The predicted molar refractivity (Wildman–Crippen MR) is 72.0 cm³/mol. The van der Waals surface area contributed by atoms with E-state index in [1.807, 2.05) is 0 Å². The second-order valence-corrected chi connectivity index (χ2v) is 4.66. The zero-order valence-corrected chi connectivity index (χ0v) is 10.9. The van der Waals surface area contributed by atoms with Crippen molar-refractivity contribution in [3.63, 3.8) is 0 Å². The topological polar surface area (TPSA) is 101 Å². The summed E-state index contributed by atoms with van der Waals surface area (Å²) < 4.78 is 0. The lowest BCUT2D eigenvalue weighted by Gasteiger charge is -2.21. The third-order valence-corrected chi connectivity index (χ3v) is 3.28. The van der Waals surface area contributed by atoms with Gasteiger partial charge in [-0.15, -0.1) is 0 Å². The molecule has 0 amide bonds. The van der Waals surface area contributed by atoms with Gasteiger partial charge in [0.15, 0.2) is 0 Å². The molecule has 1 fully saturated rings. The molecule has 0 saturated carbocycles. The second kappa shape index (κ2) is 5.79. The summed E-state index contributed by atoms with van der Waals surface area (Å²) in [6.07, 6.45) is 3.61. The van der Waals surface area contributed by atoms with E-state index in [0.29, 0.717) is 6.54 Å². The molecule has 0 spiro atoms. The van der Waals surface area contributed by atoms with Crippen molar-refractivity contribution in [1.82, 2.24) is 14.9 Å². The molecular weight excluding hydrogens is 248 g/mol. The maximum Gasteiger partial charge on any atom is 0.329 e. The van der Waals surface area contributed by atoms with Gasteiger partial charge in [0.2, 0.25) is 11.8 Å². The molecular formula is C11H18N6O2. The van der Waals surface area contributed by atoms with Crippen molar-refractivity contribution in [3.05, 3.63) is 16.3 Å². The Kier molecular flexibility index (Phi) is 4.10. The van der Waals surface area contributed by atoms with E-state index in [4.69, 9.17) is 5.73 Å². The van der Waals surface area contributed by atoms with E-state index in [1.54, 1.807) is 11.9 Å². The molecule has 1 aromatic rings. The van der Waals surface area contributed by atoms with Gasteiger partial charge in [0, 0.05) is 20.1 Å². The summed E-state index contributed by atoms with van der Waals surface area (Å²) in [6.45, 7) is 3.75. The number of aromatic nitrogens is 2. The summed E-state index contributed by atoms with van der Waals surface area (Å²) in [7, 11) is 1.78. The van der Waals surface area contributed by atoms with Gasteiger partial charge in [-0.2, -0.15) is 4.98 Å². The molecule has 1 saturated heterocycles. The van der Waals surface area contributed by atoms with Crippen molar-refractivity contribution in [1.29, 1.82) is 0 Å². The number of rotatable bonds is 5. The average Bonchev–Trinajstić information content (AvgIpc) is 2.88. The van der Waals surface area contributed by atoms with E-state index in [-0.39, 0.29) is 17.5 Å². The van der Waals surface area contributed by atoms with Crippen LogP contribution in [0.2, 0.25) is 0 Å². The van der Waals surface area contributed by atoms with Crippen LogP contribution in [0.1, 0.15) is 12.8 Å². The summed E-state index contributed by atoms with van der Waals surface area (Å²) in [4.78, 5) is 22.2. The SMILES string of the molecule is CN(CCN1CCCC1)c1nc(N)ncc1[N+](=O)[O-]. The minimum Gasteiger partial charge on any atom is -0.368 e. The molecule has 0 aliphatic carbocycles. The number of hydrogen-bond acceptors (Lipinski definition) is 7. The van der Waals surface area contributed by atoms with Gasteiger partial charge in [-0.25, -0.2) is 4.98 Å². The molecule has 104 valence electrons. The van der Waals surface area contributed by atoms with Gasteiger partial charge in [0.25, 0.3) is 0 Å². The second-order valence-electron chi connectivity index (χ2n) is 4.66. The minimum absolute atomic E-state index is 0.0497. The number of hydrogen-bond donors (Lipinski definition) is 1. The third-order valence-electron chi connectivity index (χ3n) is 3.28. The van der Waals surface area contributed by atoms with Crippen LogP contribution >= 0.6 is 0 Å². The molecule has 2 N–H and O–H groups in total. The van der Waals surface area contributed by atoms with Crippen LogP contribution < -0.4 is 10.6 Å². The minimum atomic E-state index is -0.485. The van der Waals surface area contributed by atoms with Crippen molar-refractivity contribution in [2.75, 3.05) is 43.9 Å². The van der Waals surface area contributed by atoms with Crippen LogP contribution in [0.4, 0.5) is 17.5 Å². The molecule has 1 aliphatic rings. The summed E-state index contributed by atoms with van der Waals surface area (Å²) in [5, 5.41) is 10.9. The molecule has 0 atom stereocenters. The highest BCUT2D eigenvalue weighted by molar-refractivity contribution is 5.57. The molecule has 0 bridgehead atoms.